The molecular weight excluding hydrogens is 408 g/mol. The number of benzene rings is 1. The predicted octanol–water partition coefficient (Wildman–Crippen LogP) is 6.87. The summed E-state index contributed by atoms with van der Waals surface area (Å²) in [5, 5.41) is 18.5. The molecule has 6 nitrogen and oxygen atoms in total. The topological polar surface area (TPSA) is 79.6 Å². The fraction of sp³-hybridized carbons (Fsp3) is 0.667. The second-order valence-electron chi connectivity index (χ2n) is 8.04. The molecule has 1 aromatic rings. The minimum atomic E-state index is -0.423. The van der Waals surface area contributed by atoms with E-state index < -0.39 is 4.92 Å². The minimum Gasteiger partial charge on any atom is -0.361 e. The third-order valence-corrected chi connectivity index (χ3v) is 5.55. The van der Waals surface area contributed by atoms with Gasteiger partial charge in [-0.15, -0.1) is 0 Å². The summed E-state index contributed by atoms with van der Waals surface area (Å²) in [5.74, 6) is 0. The summed E-state index contributed by atoms with van der Waals surface area (Å²) in [6.45, 7) is 3.08. The second-order valence-corrected chi connectivity index (χ2v) is 8.45. The highest BCUT2D eigenvalue weighted by Gasteiger charge is 2.09. The van der Waals surface area contributed by atoms with Gasteiger partial charge in [0.2, 0.25) is 0 Å². The number of thiocarbonyl (C=S) groups is 1. The predicted molar refractivity (Wildman–Crippen MR) is 135 cm³/mol. The van der Waals surface area contributed by atoms with Crippen LogP contribution in [0.3, 0.4) is 0 Å². The van der Waals surface area contributed by atoms with Gasteiger partial charge in [0, 0.05) is 12.6 Å². The lowest BCUT2D eigenvalue weighted by Crippen LogP contribution is -2.32. The lowest BCUT2D eigenvalue weighted by molar-refractivity contribution is -0.385. The molecule has 0 amide bonds. The summed E-state index contributed by atoms with van der Waals surface area (Å²) in [5.41, 5.74) is 3.18. The maximum absolute atomic E-state index is 11.0. The third kappa shape index (κ3) is 14.6. The lowest BCUT2D eigenvalue weighted by atomic mass is 10.0. The number of nitrogens with zero attached hydrogens (tertiary/aromatic N) is 2. The Balaban J connectivity index is 1.93. The second kappa shape index (κ2) is 18.7. The van der Waals surface area contributed by atoms with Gasteiger partial charge >= 0.3 is 0 Å². The first-order chi connectivity index (χ1) is 15.1. The Hall–Kier alpha value is -2.02. The molecule has 0 atom stereocenters. The van der Waals surface area contributed by atoms with Crippen LogP contribution < -0.4 is 10.7 Å². The SMILES string of the molecule is CCCCCCCCCCCCCCCCNC(=S)NN=Cc1ccccc1[N+](=O)[O-]. The number of nitro benzene ring substituents is 1. The molecule has 0 spiro atoms. The van der Waals surface area contributed by atoms with Crippen LogP contribution in [0.1, 0.15) is 102 Å². The van der Waals surface area contributed by atoms with Gasteiger partial charge in [0.1, 0.15) is 0 Å². The molecule has 0 fully saturated rings. The van der Waals surface area contributed by atoms with Crippen molar-refractivity contribution < 1.29 is 4.92 Å². The van der Waals surface area contributed by atoms with Crippen LogP contribution in [0.5, 0.6) is 0 Å². The number of rotatable bonds is 18. The van der Waals surface area contributed by atoms with Gasteiger partial charge in [-0.05, 0) is 24.7 Å². The fourth-order valence-electron chi connectivity index (χ4n) is 3.48. The average molecular weight is 449 g/mol. The quantitative estimate of drug-likeness (QED) is 0.0841. The number of hydrazone groups is 1. The highest BCUT2D eigenvalue weighted by atomic mass is 32.1. The zero-order valence-corrected chi connectivity index (χ0v) is 19.9. The Morgan fingerprint density at radius 3 is 2.00 bits per heavy atom. The maximum Gasteiger partial charge on any atom is 0.278 e. The van der Waals surface area contributed by atoms with E-state index in [9.17, 15) is 10.1 Å². The summed E-state index contributed by atoms with van der Waals surface area (Å²) in [6.07, 6.45) is 20.2. The van der Waals surface area contributed by atoms with E-state index >= 15 is 0 Å². The molecular formula is C24H40N4O2S. The van der Waals surface area contributed by atoms with Crippen molar-refractivity contribution in [3.8, 4) is 0 Å². The smallest absolute Gasteiger partial charge is 0.278 e. The van der Waals surface area contributed by atoms with Crippen LogP contribution in [-0.4, -0.2) is 22.8 Å². The Morgan fingerprint density at radius 1 is 0.935 bits per heavy atom. The van der Waals surface area contributed by atoms with E-state index in [1.54, 1.807) is 18.2 Å². The van der Waals surface area contributed by atoms with Crippen molar-refractivity contribution in [2.75, 3.05) is 6.54 Å². The van der Waals surface area contributed by atoms with Gasteiger partial charge in [-0.1, -0.05) is 103 Å². The first-order valence-corrected chi connectivity index (χ1v) is 12.4. The van der Waals surface area contributed by atoms with Crippen LogP contribution in [0.25, 0.3) is 0 Å². The van der Waals surface area contributed by atoms with E-state index in [4.69, 9.17) is 12.2 Å². The van der Waals surface area contributed by atoms with Gasteiger partial charge in [-0.25, -0.2) is 0 Å². The van der Waals surface area contributed by atoms with Crippen molar-refractivity contribution in [3.05, 3.63) is 39.9 Å². The number of nitro groups is 1. The minimum absolute atomic E-state index is 0.0225. The summed E-state index contributed by atoms with van der Waals surface area (Å²) < 4.78 is 0. The lowest BCUT2D eigenvalue weighted by Gasteiger charge is -2.07. The molecule has 0 aromatic heterocycles. The van der Waals surface area contributed by atoms with Crippen molar-refractivity contribution >= 4 is 29.2 Å². The summed E-state index contributed by atoms with van der Waals surface area (Å²) in [7, 11) is 0. The van der Waals surface area contributed by atoms with Crippen molar-refractivity contribution in [2.45, 2.75) is 96.8 Å². The molecule has 2 N–H and O–H groups in total. The molecule has 1 aromatic carbocycles. The molecule has 0 saturated carbocycles. The molecule has 0 aliphatic rings. The van der Waals surface area contributed by atoms with Crippen LogP contribution >= 0.6 is 12.2 Å². The van der Waals surface area contributed by atoms with Gasteiger partial charge in [-0.2, -0.15) is 5.10 Å². The Bertz CT molecular complexity index is 652. The van der Waals surface area contributed by atoms with Gasteiger partial charge in [-0.3, -0.25) is 15.5 Å². The highest BCUT2D eigenvalue weighted by Crippen LogP contribution is 2.15. The number of para-hydroxylation sites is 1. The van der Waals surface area contributed by atoms with E-state index in [-0.39, 0.29) is 5.69 Å². The molecule has 0 bridgehead atoms. The number of nitrogens with one attached hydrogen (secondary N) is 2. The first-order valence-electron chi connectivity index (χ1n) is 12.0. The molecule has 0 radical (unpaired) electrons. The number of unbranched alkanes of at least 4 members (excludes halogenated alkanes) is 13. The molecule has 1 rings (SSSR count). The van der Waals surface area contributed by atoms with Gasteiger partial charge in [0.05, 0.1) is 16.7 Å². The van der Waals surface area contributed by atoms with Crippen LogP contribution in [0.4, 0.5) is 5.69 Å². The van der Waals surface area contributed by atoms with E-state index in [2.05, 4.69) is 22.8 Å². The van der Waals surface area contributed by atoms with Crippen LogP contribution in [-0.2, 0) is 0 Å². The molecule has 7 heteroatoms. The molecule has 0 saturated heterocycles. The zero-order chi connectivity index (χ0) is 22.6. The Kier molecular flexibility index (Phi) is 16.3. The van der Waals surface area contributed by atoms with Crippen molar-refractivity contribution in [1.29, 1.82) is 0 Å². The Labute approximate surface area is 193 Å². The van der Waals surface area contributed by atoms with Crippen molar-refractivity contribution in [1.82, 2.24) is 10.7 Å². The number of hydrogen-bond acceptors (Lipinski definition) is 4. The standard InChI is InChI=1S/C24H40N4O2S/c1-2-3-4-5-6-7-8-9-10-11-12-13-14-17-20-25-24(31)27-26-21-22-18-15-16-19-23(22)28(29)30/h15-16,18-19,21H,2-14,17,20H2,1H3,(H2,25,27,31). The normalized spacial score (nSPS) is 11.0. The molecule has 0 aliphatic heterocycles. The van der Waals surface area contributed by atoms with E-state index in [0.29, 0.717) is 10.7 Å². The number of hydrogen-bond donors (Lipinski definition) is 2. The molecule has 31 heavy (non-hydrogen) atoms. The highest BCUT2D eigenvalue weighted by molar-refractivity contribution is 7.80. The van der Waals surface area contributed by atoms with Gasteiger partial charge < -0.3 is 5.32 Å². The van der Waals surface area contributed by atoms with Crippen LogP contribution in [0, 0.1) is 10.1 Å². The Morgan fingerprint density at radius 2 is 1.45 bits per heavy atom. The summed E-state index contributed by atoms with van der Waals surface area (Å²) >= 11 is 5.18. The van der Waals surface area contributed by atoms with Gasteiger partial charge in [0.25, 0.3) is 5.69 Å². The molecule has 0 unspecified atom stereocenters. The maximum atomic E-state index is 11.0. The average Bonchev–Trinajstić information content (AvgIpc) is 2.76. The van der Waals surface area contributed by atoms with E-state index in [1.807, 2.05) is 0 Å². The molecule has 174 valence electrons. The summed E-state index contributed by atoms with van der Waals surface area (Å²) in [4.78, 5) is 10.5. The summed E-state index contributed by atoms with van der Waals surface area (Å²) in [6, 6.07) is 6.47. The largest absolute Gasteiger partial charge is 0.361 e. The van der Waals surface area contributed by atoms with Crippen LogP contribution in [0.15, 0.2) is 29.4 Å². The first kappa shape index (κ1) is 27.0. The molecule has 0 heterocycles. The van der Waals surface area contributed by atoms with Crippen LogP contribution in [0.2, 0.25) is 0 Å². The fourth-order valence-corrected chi connectivity index (χ4v) is 3.64. The van der Waals surface area contributed by atoms with Gasteiger partial charge in [0.15, 0.2) is 5.11 Å². The van der Waals surface area contributed by atoms with E-state index in [0.717, 1.165) is 13.0 Å². The monoisotopic (exact) mass is 448 g/mol. The van der Waals surface area contributed by atoms with Crippen molar-refractivity contribution in [2.24, 2.45) is 5.10 Å². The third-order valence-electron chi connectivity index (χ3n) is 5.32. The zero-order valence-electron chi connectivity index (χ0n) is 19.1. The van der Waals surface area contributed by atoms with Crippen molar-refractivity contribution in [3.63, 3.8) is 0 Å². The van der Waals surface area contributed by atoms with E-state index in [1.165, 1.54) is 95.8 Å². The molecule has 0 aliphatic carbocycles.